The third kappa shape index (κ3) is 5.97. The minimum Gasteiger partial charge on any atom is -0.494 e. The fourth-order valence-corrected chi connectivity index (χ4v) is 2.26. The number of methoxy groups -OCH3 is 1. The van der Waals surface area contributed by atoms with Gasteiger partial charge in [0.25, 0.3) is 11.6 Å². The lowest BCUT2D eigenvalue weighted by atomic mass is 10.2. The second-order valence-electron chi connectivity index (χ2n) is 5.71. The molecule has 0 saturated heterocycles. The molecule has 0 aliphatic rings. The molecule has 0 bridgehead atoms. The Morgan fingerprint density at radius 2 is 1.89 bits per heavy atom. The summed E-state index contributed by atoms with van der Waals surface area (Å²) < 4.78 is 15.4. The molecule has 0 heterocycles. The number of nitrogens with one attached hydrogen (secondary N) is 1. The first kappa shape index (κ1) is 20.7. The molecule has 0 spiro atoms. The molecule has 1 N–H and O–H groups in total. The largest absolute Gasteiger partial charge is 0.494 e. The SMILES string of the molecule is COc1cc([N+](=O)[O-])ccc1NC(=O)COC(=O)CCOc1ccccc1C. The molecule has 0 unspecified atom stereocenters. The van der Waals surface area contributed by atoms with Crippen LogP contribution in [-0.2, 0) is 14.3 Å². The Morgan fingerprint density at radius 1 is 1.14 bits per heavy atom. The van der Waals surface area contributed by atoms with E-state index in [-0.39, 0.29) is 30.2 Å². The van der Waals surface area contributed by atoms with Crippen LogP contribution in [0.3, 0.4) is 0 Å². The summed E-state index contributed by atoms with van der Waals surface area (Å²) in [6, 6.07) is 11.2. The second kappa shape index (κ2) is 9.91. The molecule has 0 aliphatic carbocycles. The minimum atomic E-state index is -0.597. The number of rotatable bonds is 9. The average Bonchev–Trinajstić information content (AvgIpc) is 2.68. The monoisotopic (exact) mass is 388 g/mol. The van der Waals surface area contributed by atoms with Crippen molar-refractivity contribution in [3.05, 3.63) is 58.1 Å². The number of carbonyl (C=O) groups excluding carboxylic acids is 2. The van der Waals surface area contributed by atoms with Gasteiger partial charge in [0.2, 0.25) is 0 Å². The van der Waals surface area contributed by atoms with Crippen molar-refractivity contribution in [3.8, 4) is 11.5 Å². The number of ether oxygens (including phenoxy) is 3. The molecule has 2 rings (SSSR count). The third-order valence-electron chi connectivity index (χ3n) is 3.69. The average molecular weight is 388 g/mol. The third-order valence-corrected chi connectivity index (χ3v) is 3.69. The van der Waals surface area contributed by atoms with E-state index >= 15 is 0 Å². The first-order chi connectivity index (χ1) is 13.4. The summed E-state index contributed by atoms with van der Waals surface area (Å²) >= 11 is 0. The number of non-ortho nitro benzene ring substituents is 1. The Kier molecular flexibility index (Phi) is 7.32. The predicted molar refractivity (Wildman–Crippen MR) is 101 cm³/mol. The molecule has 0 radical (unpaired) electrons. The molecule has 9 nitrogen and oxygen atoms in total. The second-order valence-corrected chi connectivity index (χ2v) is 5.71. The molecule has 2 aromatic rings. The van der Waals surface area contributed by atoms with E-state index in [0.29, 0.717) is 5.75 Å². The van der Waals surface area contributed by atoms with Crippen molar-refractivity contribution in [2.24, 2.45) is 0 Å². The van der Waals surface area contributed by atoms with Crippen molar-refractivity contribution in [2.45, 2.75) is 13.3 Å². The van der Waals surface area contributed by atoms with Crippen molar-refractivity contribution >= 4 is 23.3 Å². The zero-order valence-corrected chi connectivity index (χ0v) is 15.5. The van der Waals surface area contributed by atoms with E-state index < -0.39 is 23.4 Å². The van der Waals surface area contributed by atoms with Crippen molar-refractivity contribution < 1.29 is 28.7 Å². The molecule has 0 aromatic heterocycles. The number of benzene rings is 2. The summed E-state index contributed by atoms with van der Waals surface area (Å²) in [4.78, 5) is 33.9. The Labute approximate surface area is 161 Å². The van der Waals surface area contributed by atoms with Gasteiger partial charge in [-0.3, -0.25) is 19.7 Å². The summed E-state index contributed by atoms with van der Waals surface area (Å²) in [6.07, 6.45) is -0.0114. The smallest absolute Gasteiger partial charge is 0.309 e. The summed E-state index contributed by atoms with van der Waals surface area (Å²) in [6.45, 7) is 1.52. The first-order valence-corrected chi connectivity index (χ1v) is 8.37. The Morgan fingerprint density at radius 3 is 2.57 bits per heavy atom. The topological polar surface area (TPSA) is 117 Å². The van der Waals surface area contributed by atoms with Gasteiger partial charge in [0.15, 0.2) is 6.61 Å². The van der Waals surface area contributed by atoms with E-state index in [1.807, 2.05) is 25.1 Å². The molecule has 1 amide bonds. The van der Waals surface area contributed by atoms with E-state index in [1.165, 1.54) is 25.3 Å². The van der Waals surface area contributed by atoms with Gasteiger partial charge < -0.3 is 19.5 Å². The van der Waals surface area contributed by atoms with Crippen LogP contribution < -0.4 is 14.8 Å². The van der Waals surface area contributed by atoms with Crippen LogP contribution in [0.25, 0.3) is 0 Å². The molecule has 9 heteroatoms. The number of para-hydroxylation sites is 1. The zero-order valence-electron chi connectivity index (χ0n) is 15.5. The highest BCUT2D eigenvalue weighted by Gasteiger charge is 2.14. The fourth-order valence-electron chi connectivity index (χ4n) is 2.26. The molecule has 28 heavy (non-hydrogen) atoms. The number of esters is 1. The van der Waals surface area contributed by atoms with Crippen LogP contribution in [0.15, 0.2) is 42.5 Å². The molecular formula is C19H20N2O7. The lowest BCUT2D eigenvalue weighted by molar-refractivity contribution is -0.384. The van der Waals surface area contributed by atoms with E-state index in [9.17, 15) is 19.7 Å². The molecule has 0 fully saturated rings. The number of nitrogens with zero attached hydrogens (tertiary/aromatic N) is 1. The number of amides is 1. The number of hydrogen-bond donors (Lipinski definition) is 1. The molecule has 0 aliphatic heterocycles. The van der Waals surface area contributed by atoms with Gasteiger partial charge in [-0.15, -0.1) is 0 Å². The van der Waals surface area contributed by atoms with Crippen LogP contribution in [0, 0.1) is 17.0 Å². The minimum absolute atomic E-state index is 0.0114. The standard InChI is InChI=1S/C19H20N2O7/c1-13-5-3-4-6-16(13)27-10-9-19(23)28-12-18(22)20-15-8-7-14(21(24)25)11-17(15)26-2/h3-8,11H,9-10,12H2,1-2H3,(H,20,22). The number of nitro benzene ring substituents is 1. The Hall–Kier alpha value is -3.62. The van der Waals surface area contributed by atoms with E-state index in [2.05, 4.69) is 5.32 Å². The summed E-state index contributed by atoms with van der Waals surface area (Å²) in [5.41, 5.74) is 1.01. The first-order valence-electron chi connectivity index (χ1n) is 8.37. The van der Waals surface area contributed by atoms with Crippen LogP contribution in [0.2, 0.25) is 0 Å². The molecular weight excluding hydrogens is 368 g/mol. The molecule has 0 atom stereocenters. The van der Waals surface area contributed by atoms with Gasteiger partial charge in [-0.25, -0.2) is 0 Å². The van der Waals surface area contributed by atoms with Crippen molar-refractivity contribution in [2.75, 3.05) is 25.6 Å². The van der Waals surface area contributed by atoms with Crippen molar-refractivity contribution in [1.29, 1.82) is 0 Å². The fraction of sp³-hybridized carbons (Fsp3) is 0.263. The quantitative estimate of drug-likeness (QED) is 0.399. The number of anilines is 1. The summed E-state index contributed by atoms with van der Waals surface area (Å²) in [7, 11) is 1.32. The normalized spacial score (nSPS) is 10.1. The highest BCUT2D eigenvalue weighted by Crippen LogP contribution is 2.28. The van der Waals surface area contributed by atoms with Gasteiger partial charge in [-0.05, 0) is 24.6 Å². The molecule has 148 valence electrons. The maximum atomic E-state index is 11.9. The zero-order chi connectivity index (χ0) is 20.5. The van der Waals surface area contributed by atoms with Crippen LogP contribution in [0.5, 0.6) is 11.5 Å². The van der Waals surface area contributed by atoms with Gasteiger partial charge >= 0.3 is 5.97 Å². The van der Waals surface area contributed by atoms with Gasteiger partial charge in [0.05, 0.1) is 36.8 Å². The number of aryl methyl sites for hydroxylation is 1. The molecule has 0 saturated carbocycles. The number of nitro groups is 1. The van der Waals surface area contributed by atoms with Crippen LogP contribution in [0.1, 0.15) is 12.0 Å². The number of carbonyl (C=O) groups is 2. The lowest BCUT2D eigenvalue weighted by Crippen LogP contribution is -2.22. The maximum absolute atomic E-state index is 11.9. The van der Waals surface area contributed by atoms with Crippen molar-refractivity contribution in [1.82, 2.24) is 0 Å². The molecule has 2 aromatic carbocycles. The van der Waals surface area contributed by atoms with E-state index in [0.717, 1.165) is 5.56 Å². The number of hydrogen-bond acceptors (Lipinski definition) is 7. The van der Waals surface area contributed by atoms with E-state index in [1.54, 1.807) is 6.07 Å². The van der Waals surface area contributed by atoms with Gasteiger partial charge in [0.1, 0.15) is 11.5 Å². The van der Waals surface area contributed by atoms with Crippen LogP contribution in [-0.4, -0.2) is 37.1 Å². The highest BCUT2D eigenvalue weighted by molar-refractivity contribution is 5.94. The van der Waals surface area contributed by atoms with E-state index in [4.69, 9.17) is 14.2 Å². The van der Waals surface area contributed by atoms with Gasteiger partial charge in [0, 0.05) is 6.07 Å². The Balaban J connectivity index is 1.78. The van der Waals surface area contributed by atoms with Crippen LogP contribution >= 0.6 is 0 Å². The summed E-state index contributed by atoms with van der Waals surface area (Å²) in [5, 5.41) is 13.2. The Bertz CT molecular complexity index is 867. The highest BCUT2D eigenvalue weighted by atomic mass is 16.6. The van der Waals surface area contributed by atoms with Gasteiger partial charge in [-0.2, -0.15) is 0 Å². The maximum Gasteiger partial charge on any atom is 0.309 e. The van der Waals surface area contributed by atoms with Crippen molar-refractivity contribution in [3.63, 3.8) is 0 Å². The summed E-state index contributed by atoms with van der Waals surface area (Å²) in [5.74, 6) is -0.376. The van der Waals surface area contributed by atoms with Crippen LogP contribution in [0.4, 0.5) is 11.4 Å². The predicted octanol–water partition coefficient (Wildman–Crippen LogP) is 2.86. The lowest BCUT2D eigenvalue weighted by Gasteiger charge is -2.11. The van der Waals surface area contributed by atoms with Gasteiger partial charge in [-0.1, -0.05) is 18.2 Å².